The molecule has 1 aliphatic carbocycles. The van der Waals surface area contributed by atoms with E-state index in [2.05, 4.69) is 64.0 Å². The second-order valence-electron chi connectivity index (χ2n) is 8.06. The van der Waals surface area contributed by atoms with Crippen LogP contribution in [0, 0.1) is 11.3 Å². The van der Waals surface area contributed by atoms with Gasteiger partial charge in [0.25, 0.3) is 0 Å². The Kier molecular flexibility index (Phi) is 6.96. The number of likely N-dealkylation sites (N-methyl/N-ethyl adjacent to an activating group) is 2. The third kappa shape index (κ3) is 5.71. The fourth-order valence-corrected chi connectivity index (χ4v) is 3.46. The topological polar surface area (TPSA) is 18.5 Å². The van der Waals surface area contributed by atoms with Gasteiger partial charge in [0.2, 0.25) is 0 Å². The van der Waals surface area contributed by atoms with E-state index in [-0.39, 0.29) is 0 Å². The number of nitrogens with zero attached hydrogens (tertiary/aromatic N) is 2. The maximum Gasteiger partial charge on any atom is 0.0254 e. The summed E-state index contributed by atoms with van der Waals surface area (Å²) < 4.78 is 0. The summed E-state index contributed by atoms with van der Waals surface area (Å²) in [6.07, 6.45) is 3.97. The van der Waals surface area contributed by atoms with Crippen LogP contribution in [0.3, 0.4) is 0 Å². The van der Waals surface area contributed by atoms with Gasteiger partial charge >= 0.3 is 0 Å². The summed E-state index contributed by atoms with van der Waals surface area (Å²) in [7, 11) is 6.48. The lowest BCUT2D eigenvalue weighted by molar-refractivity contribution is 0.0553. The first-order valence-electron chi connectivity index (χ1n) is 8.31. The smallest absolute Gasteiger partial charge is 0.0254 e. The van der Waals surface area contributed by atoms with E-state index in [1.807, 2.05) is 0 Å². The van der Waals surface area contributed by atoms with E-state index in [1.54, 1.807) is 0 Å². The Morgan fingerprint density at radius 2 is 1.85 bits per heavy atom. The number of hydrogen-bond donors (Lipinski definition) is 1. The van der Waals surface area contributed by atoms with Gasteiger partial charge < -0.3 is 10.2 Å². The third-order valence-corrected chi connectivity index (χ3v) is 4.63. The second-order valence-corrected chi connectivity index (χ2v) is 8.06. The molecule has 0 amide bonds. The van der Waals surface area contributed by atoms with Gasteiger partial charge in [-0.05, 0) is 51.7 Å². The van der Waals surface area contributed by atoms with Gasteiger partial charge in [-0.15, -0.1) is 0 Å². The van der Waals surface area contributed by atoms with Crippen LogP contribution in [0.4, 0.5) is 0 Å². The molecule has 1 rings (SSSR count). The summed E-state index contributed by atoms with van der Waals surface area (Å²) in [6, 6.07) is 1.34. The van der Waals surface area contributed by atoms with Crippen LogP contribution < -0.4 is 5.32 Å². The molecule has 20 heavy (non-hydrogen) atoms. The molecule has 3 nitrogen and oxygen atoms in total. The van der Waals surface area contributed by atoms with Crippen molar-refractivity contribution in [2.24, 2.45) is 11.3 Å². The molecule has 1 fully saturated rings. The van der Waals surface area contributed by atoms with Crippen LogP contribution in [0.5, 0.6) is 0 Å². The van der Waals surface area contributed by atoms with Gasteiger partial charge in [0.05, 0.1) is 0 Å². The SMILES string of the molecule is CNC1CCC(C)(C)CC1N(CCN(C)C)CC(C)C. The van der Waals surface area contributed by atoms with Gasteiger partial charge in [-0.25, -0.2) is 0 Å². The molecule has 1 aliphatic rings. The highest BCUT2D eigenvalue weighted by Gasteiger charge is 2.37. The summed E-state index contributed by atoms with van der Waals surface area (Å²) >= 11 is 0. The van der Waals surface area contributed by atoms with Crippen molar-refractivity contribution in [3.8, 4) is 0 Å². The largest absolute Gasteiger partial charge is 0.315 e. The van der Waals surface area contributed by atoms with E-state index in [0.29, 0.717) is 17.5 Å². The van der Waals surface area contributed by atoms with Crippen LogP contribution in [0.15, 0.2) is 0 Å². The van der Waals surface area contributed by atoms with Crippen LogP contribution in [0.1, 0.15) is 47.0 Å². The van der Waals surface area contributed by atoms with Gasteiger partial charge in [-0.2, -0.15) is 0 Å². The summed E-state index contributed by atoms with van der Waals surface area (Å²) in [5.74, 6) is 0.736. The van der Waals surface area contributed by atoms with Crippen molar-refractivity contribution >= 4 is 0 Å². The third-order valence-electron chi connectivity index (χ3n) is 4.63. The molecule has 0 radical (unpaired) electrons. The molecule has 2 atom stereocenters. The number of nitrogens with one attached hydrogen (secondary N) is 1. The monoisotopic (exact) mass is 283 g/mol. The highest BCUT2D eigenvalue weighted by molar-refractivity contribution is 4.94. The van der Waals surface area contributed by atoms with Crippen molar-refractivity contribution in [1.82, 2.24) is 15.1 Å². The molecule has 1 N–H and O–H groups in total. The standard InChI is InChI=1S/C17H37N3/c1-14(2)13-20(11-10-19(6)7)16-12-17(3,4)9-8-15(16)18-5/h14-16,18H,8-13H2,1-7H3. The predicted octanol–water partition coefficient (Wildman–Crippen LogP) is 2.67. The van der Waals surface area contributed by atoms with E-state index in [9.17, 15) is 0 Å². The Morgan fingerprint density at radius 3 is 2.35 bits per heavy atom. The van der Waals surface area contributed by atoms with Crippen LogP contribution in [-0.2, 0) is 0 Å². The van der Waals surface area contributed by atoms with Gasteiger partial charge in [0.1, 0.15) is 0 Å². The first-order valence-corrected chi connectivity index (χ1v) is 8.31. The van der Waals surface area contributed by atoms with Crippen molar-refractivity contribution in [1.29, 1.82) is 0 Å². The van der Waals surface area contributed by atoms with Crippen molar-refractivity contribution in [3.05, 3.63) is 0 Å². The Bertz CT molecular complexity index is 273. The molecule has 0 aliphatic heterocycles. The minimum absolute atomic E-state index is 0.491. The summed E-state index contributed by atoms with van der Waals surface area (Å²) in [5, 5.41) is 3.58. The van der Waals surface area contributed by atoms with Crippen molar-refractivity contribution in [3.63, 3.8) is 0 Å². The van der Waals surface area contributed by atoms with E-state index >= 15 is 0 Å². The molecule has 120 valence electrons. The van der Waals surface area contributed by atoms with Gasteiger partial charge in [0.15, 0.2) is 0 Å². The van der Waals surface area contributed by atoms with Crippen molar-refractivity contribution in [2.45, 2.75) is 59.0 Å². The molecular weight excluding hydrogens is 246 g/mol. The zero-order chi connectivity index (χ0) is 15.3. The molecule has 0 bridgehead atoms. The molecule has 0 aromatic carbocycles. The fraction of sp³-hybridized carbons (Fsp3) is 1.00. The lowest BCUT2D eigenvalue weighted by Crippen LogP contribution is -2.55. The summed E-state index contributed by atoms with van der Waals surface area (Å²) in [4.78, 5) is 5.04. The predicted molar refractivity (Wildman–Crippen MR) is 89.2 cm³/mol. The minimum Gasteiger partial charge on any atom is -0.315 e. The van der Waals surface area contributed by atoms with Crippen LogP contribution in [0.25, 0.3) is 0 Å². The first kappa shape index (κ1) is 17.9. The van der Waals surface area contributed by atoms with E-state index in [1.165, 1.54) is 32.4 Å². The van der Waals surface area contributed by atoms with Crippen LogP contribution in [0.2, 0.25) is 0 Å². The Morgan fingerprint density at radius 1 is 1.20 bits per heavy atom. The Hall–Kier alpha value is -0.120. The van der Waals surface area contributed by atoms with Crippen LogP contribution >= 0.6 is 0 Å². The maximum absolute atomic E-state index is 3.58. The molecule has 0 aromatic heterocycles. The highest BCUT2D eigenvalue weighted by atomic mass is 15.2. The van der Waals surface area contributed by atoms with Gasteiger partial charge in [-0.3, -0.25) is 4.90 Å². The minimum atomic E-state index is 0.491. The molecule has 2 unspecified atom stereocenters. The first-order chi connectivity index (χ1) is 9.25. The van der Waals surface area contributed by atoms with Gasteiger partial charge in [0, 0.05) is 31.7 Å². The van der Waals surface area contributed by atoms with E-state index in [4.69, 9.17) is 0 Å². The highest BCUT2D eigenvalue weighted by Crippen LogP contribution is 2.37. The maximum atomic E-state index is 3.58. The van der Waals surface area contributed by atoms with E-state index < -0.39 is 0 Å². The zero-order valence-corrected chi connectivity index (χ0v) is 14.9. The van der Waals surface area contributed by atoms with E-state index in [0.717, 1.165) is 12.5 Å². The van der Waals surface area contributed by atoms with Gasteiger partial charge in [-0.1, -0.05) is 27.7 Å². The normalized spacial score (nSPS) is 26.7. The molecule has 0 heterocycles. The average molecular weight is 284 g/mol. The van der Waals surface area contributed by atoms with Crippen molar-refractivity contribution in [2.75, 3.05) is 40.8 Å². The molecule has 0 aromatic rings. The fourth-order valence-electron chi connectivity index (χ4n) is 3.46. The Balaban J connectivity index is 2.77. The lowest BCUT2D eigenvalue weighted by Gasteiger charge is -2.46. The number of hydrogen-bond acceptors (Lipinski definition) is 3. The molecular formula is C17H37N3. The average Bonchev–Trinajstić information content (AvgIpc) is 2.33. The zero-order valence-electron chi connectivity index (χ0n) is 14.9. The summed E-state index contributed by atoms with van der Waals surface area (Å²) in [6.45, 7) is 13.1. The van der Waals surface area contributed by atoms with Crippen LogP contribution in [-0.4, -0.2) is 62.7 Å². The molecule has 3 heteroatoms. The summed E-state index contributed by atoms with van der Waals surface area (Å²) in [5.41, 5.74) is 0.491. The molecule has 0 spiro atoms. The van der Waals surface area contributed by atoms with Crippen molar-refractivity contribution < 1.29 is 0 Å². The lowest BCUT2D eigenvalue weighted by atomic mass is 9.72. The second kappa shape index (κ2) is 7.77. The Labute approximate surface area is 127 Å². The number of rotatable bonds is 7. The molecule has 1 saturated carbocycles. The molecule has 0 saturated heterocycles. The quantitative estimate of drug-likeness (QED) is 0.775.